The maximum absolute atomic E-state index is 12.1. The van der Waals surface area contributed by atoms with Crippen molar-refractivity contribution in [3.8, 4) is 6.07 Å². The molecule has 0 saturated carbocycles. The Morgan fingerprint density at radius 2 is 1.90 bits per heavy atom. The van der Waals surface area contributed by atoms with Gasteiger partial charge in [0.15, 0.2) is 5.78 Å². The largest absolute Gasteiger partial charge is 0.294 e. The van der Waals surface area contributed by atoms with Gasteiger partial charge in [-0.25, -0.2) is 0 Å². The molecule has 0 spiro atoms. The summed E-state index contributed by atoms with van der Waals surface area (Å²) in [6, 6.07) is 13.0. The van der Waals surface area contributed by atoms with Crippen LogP contribution in [0.15, 0.2) is 36.4 Å². The number of Topliss-reactive ketones (excluding diaryl/α,β-unsaturated/α-hetero) is 1. The van der Waals surface area contributed by atoms with Crippen molar-refractivity contribution in [2.45, 2.75) is 18.8 Å². The zero-order valence-corrected chi connectivity index (χ0v) is 12.6. The average molecular weight is 316 g/mol. The number of nitrogens with zero attached hydrogens (tertiary/aromatic N) is 1. The van der Waals surface area contributed by atoms with Gasteiger partial charge in [-0.3, -0.25) is 4.79 Å². The van der Waals surface area contributed by atoms with Crippen LogP contribution in [0.2, 0.25) is 10.0 Å². The fourth-order valence-electron chi connectivity index (χ4n) is 2.81. The van der Waals surface area contributed by atoms with E-state index in [0.29, 0.717) is 27.6 Å². The highest BCUT2D eigenvalue weighted by Gasteiger charge is 2.27. The summed E-state index contributed by atoms with van der Waals surface area (Å²) in [6.07, 6.45) is 1.22. The molecule has 0 aliphatic heterocycles. The number of halogens is 2. The minimum Gasteiger partial charge on any atom is -0.294 e. The van der Waals surface area contributed by atoms with Gasteiger partial charge in [0.1, 0.15) is 0 Å². The van der Waals surface area contributed by atoms with E-state index in [2.05, 4.69) is 6.07 Å². The number of hydrogen-bond acceptors (Lipinski definition) is 2. The van der Waals surface area contributed by atoms with Crippen molar-refractivity contribution in [2.24, 2.45) is 0 Å². The van der Waals surface area contributed by atoms with Gasteiger partial charge in [0.2, 0.25) is 0 Å². The fraction of sp³-hybridized carbons (Fsp3) is 0.176. The number of carbonyl (C=O) groups excluding carboxylic acids is 1. The van der Waals surface area contributed by atoms with Crippen LogP contribution in [0.25, 0.3) is 0 Å². The number of nitriles is 1. The first-order valence-electron chi connectivity index (χ1n) is 6.62. The molecule has 1 atom stereocenters. The third-order valence-electron chi connectivity index (χ3n) is 3.86. The lowest BCUT2D eigenvalue weighted by atomic mass is 9.78. The summed E-state index contributed by atoms with van der Waals surface area (Å²) in [5.74, 6) is 0.207. The summed E-state index contributed by atoms with van der Waals surface area (Å²) < 4.78 is 0. The van der Waals surface area contributed by atoms with Crippen LogP contribution < -0.4 is 0 Å². The Hall–Kier alpha value is -1.82. The van der Waals surface area contributed by atoms with E-state index in [1.807, 2.05) is 18.2 Å². The van der Waals surface area contributed by atoms with Crippen LogP contribution in [-0.4, -0.2) is 5.78 Å². The molecule has 104 valence electrons. The lowest BCUT2D eigenvalue weighted by Crippen LogP contribution is -2.16. The molecule has 4 heteroatoms. The Bertz CT molecular complexity index is 777. The first-order chi connectivity index (χ1) is 10.1. The maximum atomic E-state index is 12.1. The summed E-state index contributed by atoms with van der Waals surface area (Å²) >= 11 is 12.1. The van der Waals surface area contributed by atoms with Crippen LogP contribution in [0.1, 0.15) is 45.8 Å². The van der Waals surface area contributed by atoms with Gasteiger partial charge in [-0.15, -0.1) is 0 Å². The van der Waals surface area contributed by atoms with Crippen LogP contribution in [0, 0.1) is 11.3 Å². The second-order valence-electron chi connectivity index (χ2n) is 5.10. The van der Waals surface area contributed by atoms with Gasteiger partial charge >= 0.3 is 0 Å². The molecule has 0 radical (unpaired) electrons. The van der Waals surface area contributed by atoms with Crippen molar-refractivity contribution in [3.63, 3.8) is 0 Å². The number of rotatable bonds is 1. The van der Waals surface area contributed by atoms with Crippen molar-refractivity contribution in [3.05, 3.63) is 68.7 Å². The number of ketones is 1. The number of hydrogen-bond donors (Lipinski definition) is 0. The molecule has 21 heavy (non-hydrogen) atoms. The number of carbonyl (C=O) groups is 1. The van der Waals surface area contributed by atoms with E-state index < -0.39 is 0 Å². The van der Waals surface area contributed by atoms with E-state index in [0.717, 1.165) is 17.5 Å². The molecule has 1 aliphatic carbocycles. The predicted molar refractivity (Wildman–Crippen MR) is 83.0 cm³/mol. The Balaban J connectivity index is 2.11. The molecule has 0 heterocycles. The summed E-state index contributed by atoms with van der Waals surface area (Å²) in [7, 11) is 0. The molecule has 2 aromatic carbocycles. The Labute approximate surface area is 132 Å². The molecule has 0 saturated heterocycles. The normalized spacial score (nSPS) is 17.2. The lowest BCUT2D eigenvalue weighted by molar-refractivity contribution is 0.0969. The van der Waals surface area contributed by atoms with E-state index in [-0.39, 0.29) is 11.7 Å². The zero-order valence-electron chi connectivity index (χ0n) is 11.1. The van der Waals surface area contributed by atoms with Crippen molar-refractivity contribution < 1.29 is 4.79 Å². The Morgan fingerprint density at radius 3 is 2.62 bits per heavy atom. The predicted octanol–water partition coefficient (Wildman–Crippen LogP) is 4.97. The van der Waals surface area contributed by atoms with Crippen LogP contribution in [0.4, 0.5) is 0 Å². The minimum absolute atomic E-state index is 0.0958. The Morgan fingerprint density at radius 1 is 1.10 bits per heavy atom. The average Bonchev–Trinajstić information content (AvgIpc) is 2.50. The molecule has 2 aromatic rings. The fourth-order valence-corrected chi connectivity index (χ4v) is 3.12. The highest BCUT2D eigenvalue weighted by atomic mass is 35.5. The third-order valence-corrected chi connectivity index (χ3v) is 4.60. The quantitative estimate of drug-likeness (QED) is 0.745. The van der Waals surface area contributed by atoms with Crippen molar-refractivity contribution in [2.75, 3.05) is 0 Å². The molecule has 0 bridgehead atoms. The van der Waals surface area contributed by atoms with E-state index in [4.69, 9.17) is 28.5 Å². The van der Waals surface area contributed by atoms with E-state index in [1.165, 1.54) is 0 Å². The number of benzene rings is 2. The van der Waals surface area contributed by atoms with Gasteiger partial charge in [-0.1, -0.05) is 35.3 Å². The molecule has 0 amide bonds. The number of fused-ring (bicyclic) bond motifs is 1. The van der Waals surface area contributed by atoms with Crippen molar-refractivity contribution in [1.82, 2.24) is 0 Å². The van der Waals surface area contributed by atoms with Gasteiger partial charge in [-0.2, -0.15) is 5.26 Å². The van der Waals surface area contributed by atoms with E-state index in [1.54, 1.807) is 18.2 Å². The second kappa shape index (κ2) is 5.52. The zero-order chi connectivity index (χ0) is 15.0. The monoisotopic (exact) mass is 315 g/mol. The van der Waals surface area contributed by atoms with Crippen LogP contribution >= 0.6 is 23.2 Å². The molecular weight excluding hydrogens is 305 g/mol. The van der Waals surface area contributed by atoms with Gasteiger partial charge in [-0.05, 0) is 41.8 Å². The standard InChI is InChI=1S/C17H11Cl2NO/c18-15-5-2-11(8-16(15)19)12-4-6-17(21)14-7-10(9-20)1-3-13(12)14/h1-3,5,7-8,12H,4,6H2. The van der Waals surface area contributed by atoms with Crippen molar-refractivity contribution >= 4 is 29.0 Å². The minimum atomic E-state index is 0.0958. The van der Waals surface area contributed by atoms with Crippen molar-refractivity contribution in [1.29, 1.82) is 5.26 Å². The summed E-state index contributed by atoms with van der Waals surface area (Å²) in [6.45, 7) is 0. The first-order valence-corrected chi connectivity index (χ1v) is 7.38. The van der Waals surface area contributed by atoms with Gasteiger partial charge in [0, 0.05) is 17.9 Å². The molecule has 0 N–H and O–H groups in total. The van der Waals surface area contributed by atoms with E-state index in [9.17, 15) is 4.79 Å². The summed E-state index contributed by atoms with van der Waals surface area (Å²) in [4.78, 5) is 12.1. The summed E-state index contributed by atoms with van der Waals surface area (Å²) in [5, 5.41) is 10.0. The molecule has 1 aliphatic rings. The third kappa shape index (κ3) is 2.55. The van der Waals surface area contributed by atoms with Gasteiger partial charge in [0.05, 0.1) is 21.7 Å². The SMILES string of the molecule is N#Cc1ccc2c(c1)C(=O)CCC2c1ccc(Cl)c(Cl)c1. The lowest BCUT2D eigenvalue weighted by Gasteiger charge is -2.25. The van der Waals surface area contributed by atoms with Gasteiger partial charge in [0.25, 0.3) is 0 Å². The first kappa shape index (κ1) is 14.1. The molecular formula is C17H11Cl2NO. The van der Waals surface area contributed by atoms with Crippen LogP contribution in [-0.2, 0) is 0 Å². The van der Waals surface area contributed by atoms with E-state index >= 15 is 0 Å². The highest BCUT2D eigenvalue weighted by molar-refractivity contribution is 6.42. The second-order valence-corrected chi connectivity index (χ2v) is 5.92. The molecule has 1 unspecified atom stereocenters. The topological polar surface area (TPSA) is 40.9 Å². The smallest absolute Gasteiger partial charge is 0.163 e. The highest BCUT2D eigenvalue weighted by Crippen LogP contribution is 2.38. The molecule has 2 nitrogen and oxygen atoms in total. The van der Waals surface area contributed by atoms with Gasteiger partial charge < -0.3 is 0 Å². The molecule has 3 rings (SSSR count). The summed E-state index contributed by atoms with van der Waals surface area (Å²) in [5.41, 5.74) is 3.17. The van der Waals surface area contributed by atoms with Crippen LogP contribution in [0.3, 0.4) is 0 Å². The molecule has 0 aromatic heterocycles. The maximum Gasteiger partial charge on any atom is 0.163 e. The molecule has 0 fully saturated rings. The van der Waals surface area contributed by atoms with Crippen LogP contribution in [0.5, 0.6) is 0 Å². The Kier molecular flexibility index (Phi) is 3.71.